The predicted octanol–water partition coefficient (Wildman–Crippen LogP) is 3.27. The van der Waals surface area contributed by atoms with E-state index >= 15 is 0 Å². The van der Waals surface area contributed by atoms with E-state index in [-0.39, 0.29) is 16.4 Å². The van der Waals surface area contributed by atoms with Gasteiger partial charge in [-0.3, -0.25) is 14.9 Å². The predicted molar refractivity (Wildman–Crippen MR) is 107 cm³/mol. The van der Waals surface area contributed by atoms with E-state index in [2.05, 4.69) is 29.0 Å². The van der Waals surface area contributed by atoms with Gasteiger partial charge in [-0.1, -0.05) is 30.0 Å². The Morgan fingerprint density at radius 2 is 1.96 bits per heavy atom. The molecule has 1 unspecified atom stereocenters. The van der Waals surface area contributed by atoms with Crippen LogP contribution in [0.15, 0.2) is 48.7 Å². The van der Waals surface area contributed by atoms with E-state index in [0.717, 1.165) is 35.4 Å². The van der Waals surface area contributed by atoms with Crippen LogP contribution in [0.3, 0.4) is 0 Å². The third kappa shape index (κ3) is 5.23. The molecule has 0 spiro atoms. The van der Waals surface area contributed by atoms with E-state index in [1.165, 1.54) is 0 Å². The molecule has 1 aliphatic rings. The van der Waals surface area contributed by atoms with Crippen LogP contribution in [0.4, 0.5) is 10.6 Å². The van der Waals surface area contributed by atoms with Gasteiger partial charge < -0.3 is 9.64 Å². The Hall–Kier alpha value is -2.54. The number of aromatic nitrogens is 1. The summed E-state index contributed by atoms with van der Waals surface area (Å²) in [5, 5.41) is 1.69. The summed E-state index contributed by atoms with van der Waals surface area (Å²) in [6.07, 6.45) is 2.32. The number of amides is 2. The second-order valence-electron chi connectivity index (χ2n) is 6.55. The van der Waals surface area contributed by atoms with Gasteiger partial charge in [0.25, 0.3) is 5.24 Å². The first-order valence-electron chi connectivity index (χ1n) is 8.94. The van der Waals surface area contributed by atoms with Crippen LogP contribution in [0, 0.1) is 0 Å². The average molecular weight is 385 g/mol. The number of benzene rings is 1. The van der Waals surface area contributed by atoms with Crippen LogP contribution in [0.25, 0.3) is 0 Å². The van der Waals surface area contributed by atoms with Crippen LogP contribution >= 0.6 is 11.8 Å². The molecule has 7 heteroatoms. The molecule has 2 heterocycles. The number of anilines is 1. The summed E-state index contributed by atoms with van der Waals surface area (Å²) >= 11 is 1.05. The molecule has 1 aromatic carbocycles. The van der Waals surface area contributed by atoms with Gasteiger partial charge in [-0.25, -0.2) is 4.98 Å². The van der Waals surface area contributed by atoms with Crippen molar-refractivity contribution in [2.75, 3.05) is 18.1 Å². The number of carbonyl (C=O) groups excluding carboxylic acids is 2. The molecule has 1 N–H and O–H groups in total. The lowest BCUT2D eigenvalue weighted by Crippen LogP contribution is -2.35. The molecule has 0 radical (unpaired) electrons. The summed E-state index contributed by atoms with van der Waals surface area (Å²) < 4.78 is 5.86. The number of imide groups is 1. The van der Waals surface area contributed by atoms with E-state index in [0.29, 0.717) is 19.1 Å². The standard InChI is InChI=1S/C20H23N3O3S/c1-14(2)23(18-5-3-4-10-21-18)11-12-26-16-8-6-15(7-9-16)13-17-19(24)22-20(25)27-17/h3-10,14,17H,11-13H2,1-2H3,(H,22,24,25). The topological polar surface area (TPSA) is 71.5 Å². The number of thioether (sulfide) groups is 1. The average Bonchev–Trinajstić information content (AvgIpc) is 2.97. The first kappa shape index (κ1) is 19.2. The van der Waals surface area contributed by atoms with E-state index in [9.17, 15) is 9.59 Å². The van der Waals surface area contributed by atoms with Crippen LogP contribution in [0.1, 0.15) is 19.4 Å². The summed E-state index contributed by atoms with van der Waals surface area (Å²) in [5.74, 6) is 1.50. The molecule has 1 aliphatic heterocycles. The summed E-state index contributed by atoms with van der Waals surface area (Å²) in [5.41, 5.74) is 1.00. The monoisotopic (exact) mass is 385 g/mol. The van der Waals surface area contributed by atoms with Gasteiger partial charge in [0.15, 0.2) is 0 Å². The Morgan fingerprint density at radius 1 is 1.19 bits per heavy atom. The highest BCUT2D eigenvalue weighted by Crippen LogP contribution is 2.24. The van der Waals surface area contributed by atoms with Crippen LogP contribution in [-0.2, 0) is 11.2 Å². The normalized spacial score (nSPS) is 16.5. The van der Waals surface area contributed by atoms with E-state index in [4.69, 9.17) is 4.74 Å². The zero-order chi connectivity index (χ0) is 19.2. The first-order valence-corrected chi connectivity index (χ1v) is 9.82. The number of hydrogen-bond donors (Lipinski definition) is 1. The van der Waals surface area contributed by atoms with Crippen LogP contribution in [0.5, 0.6) is 5.75 Å². The van der Waals surface area contributed by atoms with Crippen molar-refractivity contribution in [1.82, 2.24) is 10.3 Å². The van der Waals surface area contributed by atoms with Gasteiger partial charge in [0.1, 0.15) is 18.2 Å². The summed E-state index contributed by atoms with van der Waals surface area (Å²) in [6, 6.07) is 13.9. The molecule has 1 aromatic heterocycles. The molecule has 2 amide bonds. The molecule has 6 nitrogen and oxygen atoms in total. The maximum Gasteiger partial charge on any atom is 0.286 e. The summed E-state index contributed by atoms with van der Waals surface area (Å²) in [4.78, 5) is 29.5. The second-order valence-corrected chi connectivity index (χ2v) is 7.73. The van der Waals surface area contributed by atoms with Gasteiger partial charge >= 0.3 is 0 Å². The molecule has 3 rings (SSSR count). The molecule has 0 aliphatic carbocycles. The van der Waals surface area contributed by atoms with Crippen molar-refractivity contribution in [3.05, 3.63) is 54.2 Å². The number of pyridine rings is 1. The second kappa shape index (κ2) is 8.90. The van der Waals surface area contributed by atoms with Gasteiger partial charge in [-0.2, -0.15) is 0 Å². The van der Waals surface area contributed by atoms with Crippen LogP contribution in [0.2, 0.25) is 0 Å². The van der Waals surface area contributed by atoms with Crippen molar-refractivity contribution in [3.8, 4) is 5.75 Å². The molecule has 0 saturated carbocycles. The fraction of sp³-hybridized carbons (Fsp3) is 0.350. The smallest absolute Gasteiger partial charge is 0.286 e. The van der Waals surface area contributed by atoms with E-state index in [1.807, 2.05) is 42.5 Å². The lowest BCUT2D eigenvalue weighted by molar-refractivity contribution is -0.118. The number of rotatable bonds is 8. The molecule has 1 fully saturated rings. The number of hydrogen-bond acceptors (Lipinski definition) is 6. The first-order chi connectivity index (χ1) is 13.0. The quantitative estimate of drug-likeness (QED) is 0.752. The van der Waals surface area contributed by atoms with Gasteiger partial charge in [-0.15, -0.1) is 0 Å². The third-order valence-electron chi connectivity index (χ3n) is 4.28. The number of ether oxygens (including phenoxy) is 1. The number of nitrogens with zero attached hydrogens (tertiary/aromatic N) is 2. The largest absolute Gasteiger partial charge is 0.492 e. The van der Waals surface area contributed by atoms with Gasteiger partial charge in [0.2, 0.25) is 5.91 Å². The fourth-order valence-electron chi connectivity index (χ4n) is 2.89. The Kier molecular flexibility index (Phi) is 6.34. The van der Waals surface area contributed by atoms with Crippen molar-refractivity contribution in [2.24, 2.45) is 0 Å². The fourth-order valence-corrected chi connectivity index (χ4v) is 3.75. The Morgan fingerprint density at radius 3 is 2.56 bits per heavy atom. The maximum absolute atomic E-state index is 11.6. The molecule has 1 saturated heterocycles. The minimum atomic E-state index is -0.345. The zero-order valence-corrected chi connectivity index (χ0v) is 16.2. The highest BCUT2D eigenvalue weighted by Gasteiger charge is 2.31. The molecule has 2 aromatic rings. The number of nitrogens with one attached hydrogen (secondary N) is 1. The van der Waals surface area contributed by atoms with E-state index < -0.39 is 0 Å². The van der Waals surface area contributed by atoms with Crippen molar-refractivity contribution >= 4 is 28.7 Å². The molecular formula is C20H23N3O3S. The lowest BCUT2D eigenvalue weighted by atomic mass is 10.1. The Balaban J connectivity index is 1.51. The van der Waals surface area contributed by atoms with Gasteiger partial charge in [-0.05, 0) is 50.1 Å². The molecule has 142 valence electrons. The van der Waals surface area contributed by atoms with Crippen molar-refractivity contribution in [2.45, 2.75) is 31.6 Å². The van der Waals surface area contributed by atoms with Crippen LogP contribution < -0.4 is 15.0 Å². The molecule has 27 heavy (non-hydrogen) atoms. The highest BCUT2D eigenvalue weighted by molar-refractivity contribution is 8.15. The Labute approximate surface area is 163 Å². The van der Waals surface area contributed by atoms with Crippen molar-refractivity contribution in [3.63, 3.8) is 0 Å². The summed E-state index contributed by atoms with van der Waals surface area (Å²) in [6.45, 7) is 5.54. The lowest BCUT2D eigenvalue weighted by Gasteiger charge is -2.27. The molecule has 0 bridgehead atoms. The molecule has 1 atom stereocenters. The summed E-state index contributed by atoms with van der Waals surface area (Å²) in [7, 11) is 0. The highest BCUT2D eigenvalue weighted by atomic mass is 32.2. The van der Waals surface area contributed by atoms with E-state index in [1.54, 1.807) is 6.20 Å². The number of carbonyl (C=O) groups is 2. The van der Waals surface area contributed by atoms with Crippen molar-refractivity contribution in [1.29, 1.82) is 0 Å². The minimum Gasteiger partial charge on any atom is -0.492 e. The zero-order valence-electron chi connectivity index (χ0n) is 15.4. The minimum absolute atomic E-state index is 0.214. The third-order valence-corrected chi connectivity index (χ3v) is 5.26. The Bertz CT molecular complexity index is 781. The van der Waals surface area contributed by atoms with Gasteiger partial charge in [0.05, 0.1) is 11.8 Å². The SMILES string of the molecule is CC(C)N(CCOc1ccc(CC2SC(=O)NC2=O)cc1)c1ccccn1. The molecular weight excluding hydrogens is 362 g/mol. The maximum atomic E-state index is 11.6. The van der Waals surface area contributed by atoms with Crippen LogP contribution in [-0.4, -0.2) is 40.6 Å². The van der Waals surface area contributed by atoms with Crippen molar-refractivity contribution < 1.29 is 14.3 Å². The van der Waals surface area contributed by atoms with Gasteiger partial charge in [0, 0.05) is 12.2 Å².